The zero-order valence-electron chi connectivity index (χ0n) is 10.3. The first kappa shape index (κ1) is 12.4. The molecular weight excluding hydrogens is 233 g/mol. The number of aromatic nitrogens is 3. The van der Waals surface area contributed by atoms with Gasteiger partial charge in [-0.2, -0.15) is 5.10 Å². The van der Waals surface area contributed by atoms with Crippen molar-refractivity contribution in [3.63, 3.8) is 0 Å². The van der Waals surface area contributed by atoms with Gasteiger partial charge in [0, 0.05) is 12.4 Å². The Morgan fingerprint density at radius 2 is 2.28 bits per heavy atom. The van der Waals surface area contributed by atoms with E-state index in [0.29, 0.717) is 17.8 Å². The lowest BCUT2D eigenvalue weighted by atomic mass is 10.2. The van der Waals surface area contributed by atoms with Crippen LogP contribution in [0.2, 0.25) is 0 Å². The minimum atomic E-state index is -0.353. The van der Waals surface area contributed by atoms with E-state index in [0.717, 1.165) is 0 Å². The number of carbonyl (C=O) groups excluding carboxylic acids is 1. The van der Waals surface area contributed by atoms with Crippen LogP contribution in [0.25, 0.3) is 0 Å². The van der Waals surface area contributed by atoms with Crippen LogP contribution in [0.4, 0.5) is 4.39 Å². The van der Waals surface area contributed by atoms with Crippen molar-refractivity contribution < 1.29 is 9.18 Å². The first-order valence-corrected chi connectivity index (χ1v) is 5.72. The predicted octanol–water partition coefficient (Wildman–Crippen LogP) is 2.16. The fourth-order valence-corrected chi connectivity index (χ4v) is 1.77. The lowest BCUT2D eigenvalue weighted by Crippen LogP contribution is -2.11. The van der Waals surface area contributed by atoms with E-state index in [1.54, 1.807) is 29.2 Å². The molecule has 0 aliphatic carbocycles. The Hall–Kier alpha value is -2.04. The van der Waals surface area contributed by atoms with Gasteiger partial charge in [0.2, 0.25) is 0 Å². The quantitative estimate of drug-likeness (QED) is 0.831. The van der Waals surface area contributed by atoms with Gasteiger partial charge in [0.05, 0.1) is 18.2 Å². The number of pyridine rings is 1. The number of rotatable bonds is 4. The van der Waals surface area contributed by atoms with Crippen molar-refractivity contribution in [1.29, 1.82) is 0 Å². The van der Waals surface area contributed by atoms with Crippen LogP contribution in [0.1, 0.15) is 31.3 Å². The lowest BCUT2D eigenvalue weighted by Gasteiger charge is -2.12. The zero-order chi connectivity index (χ0) is 13.1. The van der Waals surface area contributed by atoms with Crippen LogP contribution >= 0.6 is 0 Å². The summed E-state index contributed by atoms with van der Waals surface area (Å²) in [5, 5.41) is 4.26. The van der Waals surface area contributed by atoms with E-state index in [2.05, 4.69) is 10.1 Å². The molecule has 94 valence electrons. The standard InChI is InChI=1S/C13H14FN3O/c1-9(18)8-11-5-7-17(16-11)10(2)13-12(14)4-3-6-15-13/h3-7,10H,8H2,1-2H3. The number of ketones is 1. The van der Waals surface area contributed by atoms with E-state index < -0.39 is 0 Å². The number of hydrogen-bond acceptors (Lipinski definition) is 3. The molecule has 0 N–H and O–H groups in total. The van der Waals surface area contributed by atoms with E-state index >= 15 is 0 Å². The van der Waals surface area contributed by atoms with E-state index in [1.807, 2.05) is 6.92 Å². The second-order valence-corrected chi connectivity index (χ2v) is 4.21. The van der Waals surface area contributed by atoms with Gasteiger partial charge in [-0.15, -0.1) is 0 Å². The Balaban J connectivity index is 2.24. The fourth-order valence-electron chi connectivity index (χ4n) is 1.77. The Labute approximate surface area is 104 Å². The molecule has 0 radical (unpaired) electrons. The first-order chi connectivity index (χ1) is 8.58. The summed E-state index contributed by atoms with van der Waals surface area (Å²) >= 11 is 0. The average Bonchev–Trinajstić information content (AvgIpc) is 2.76. The lowest BCUT2D eigenvalue weighted by molar-refractivity contribution is -0.116. The molecule has 0 aromatic carbocycles. The minimum absolute atomic E-state index is 0.0527. The molecule has 0 amide bonds. The van der Waals surface area contributed by atoms with Crippen LogP contribution in [-0.2, 0) is 11.2 Å². The second kappa shape index (κ2) is 5.08. The monoisotopic (exact) mass is 247 g/mol. The van der Waals surface area contributed by atoms with Crippen LogP contribution in [0.3, 0.4) is 0 Å². The van der Waals surface area contributed by atoms with Crippen molar-refractivity contribution in [1.82, 2.24) is 14.8 Å². The number of halogens is 1. The highest BCUT2D eigenvalue weighted by Crippen LogP contribution is 2.17. The van der Waals surface area contributed by atoms with Crippen LogP contribution in [0.15, 0.2) is 30.6 Å². The third-order valence-electron chi connectivity index (χ3n) is 2.67. The van der Waals surface area contributed by atoms with Crippen molar-refractivity contribution in [2.45, 2.75) is 26.3 Å². The van der Waals surface area contributed by atoms with E-state index in [1.165, 1.54) is 13.0 Å². The van der Waals surface area contributed by atoms with Crippen molar-refractivity contribution in [3.8, 4) is 0 Å². The topological polar surface area (TPSA) is 47.8 Å². The largest absolute Gasteiger partial charge is 0.300 e. The van der Waals surface area contributed by atoms with Crippen molar-refractivity contribution in [3.05, 3.63) is 47.8 Å². The molecule has 0 saturated carbocycles. The van der Waals surface area contributed by atoms with Crippen molar-refractivity contribution >= 4 is 5.78 Å². The summed E-state index contributed by atoms with van der Waals surface area (Å²) in [5.41, 5.74) is 1.03. The maximum atomic E-state index is 13.6. The predicted molar refractivity (Wildman–Crippen MR) is 64.6 cm³/mol. The molecule has 2 heterocycles. The van der Waals surface area contributed by atoms with Gasteiger partial charge in [0.1, 0.15) is 17.3 Å². The zero-order valence-corrected chi connectivity index (χ0v) is 10.3. The normalized spacial score (nSPS) is 12.4. The molecule has 0 spiro atoms. The summed E-state index contributed by atoms with van der Waals surface area (Å²) < 4.78 is 15.2. The molecule has 0 bridgehead atoms. The summed E-state index contributed by atoms with van der Waals surface area (Å²) in [4.78, 5) is 15.0. The molecule has 5 heteroatoms. The fraction of sp³-hybridized carbons (Fsp3) is 0.308. The molecule has 2 aromatic heterocycles. The van der Waals surface area contributed by atoms with E-state index in [9.17, 15) is 9.18 Å². The number of Topliss-reactive ketones (excluding diaryl/α,β-unsaturated/α-hetero) is 1. The molecule has 0 aliphatic heterocycles. The summed E-state index contributed by atoms with van der Waals surface area (Å²) in [6, 6.07) is 4.39. The van der Waals surface area contributed by atoms with Gasteiger partial charge in [0.25, 0.3) is 0 Å². The van der Waals surface area contributed by atoms with Crippen molar-refractivity contribution in [2.24, 2.45) is 0 Å². The third kappa shape index (κ3) is 2.61. The molecule has 1 unspecified atom stereocenters. The molecule has 2 aromatic rings. The molecule has 0 saturated heterocycles. The number of carbonyl (C=O) groups is 1. The van der Waals surface area contributed by atoms with Crippen LogP contribution < -0.4 is 0 Å². The van der Waals surface area contributed by atoms with Crippen molar-refractivity contribution in [2.75, 3.05) is 0 Å². The first-order valence-electron chi connectivity index (χ1n) is 5.72. The Morgan fingerprint density at radius 3 is 2.94 bits per heavy atom. The SMILES string of the molecule is CC(=O)Cc1ccn(C(C)c2ncccc2F)n1. The summed E-state index contributed by atoms with van der Waals surface area (Å²) in [6.07, 6.45) is 3.58. The Morgan fingerprint density at radius 1 is 1.50 bits per heavy atom. The smallest absolute Gasteiger partial charge is 0.146 e. The maximum absolute atomic E-state index is 13.6. The molecular formula is C13H14FN3O. The van der Waals surface area contributed by atoms with E-state index in [-0.39, 0.29) is 17.6 Å². The van der Waals surface area contributed by atoms with Gasteiger partial charge in [-0.3, -0.25) is 14.5 Å². The molecule has 18 heavy (non-hydrogen) atoms. The highest BCUT2D eigenvalue weighted by Gasteiger charge is 2.15. The van der Waals surface area contributed by atoms with Gasteiger partial charge in [-0.25, -0.2) is 4.39 Å². The number of hydrogen-bond donors (Lipinski definition) is 0. The Bertz CT molecular complexity index is 565. The van der Waals surface area contributed by atoms with Gasteiger partial charge in [0.15, 0.2) is 0 Å². The molecule has 0 aliphatic rings. The highest BCUT2D eigenvalue weighted by atomic mass is 19.1. The van der Waals surface area contributed by atoms with Crippen LogP contribution in [0.5, 0.6) is 0 Å². The average molecular weight is 247 g/mol. The molecule has 4 nitrogen and oxygen atoms in total. The van der Waals surface area contributed by atoms with Gasteiger partial charge < -0.3 is 0 Å². The molecule has 0 fully saturated rings. The highest BCUT2D eigenvalue weighted by molar-refractivity contribution is 5.77. The molecule has 2 rings (SSSR count). The third-order valence-corrected chi connectivity index (χ3v) is 2.67. The van der Waals surface area contributed by atoms with E-state index in [4.69, 9.17) is 0 Å². The van der Waals surface area contributed by atoms with Crippen LogP contribution in [-0.4, -0.2) is 20.5 Å². The Kier molecular flexibility index (Phi) is 3.50. The second-order valence-electron chi connectivity index (χ2n) is 4.21. The summed E-state index contributed by atoms with van der Waals surface area (Å²) in [6.45, 7) is 3.33. The summed E-state index contributed by atoms with van der Waals surface area (Å²) in [5.74, 6) is -0.300. The van der Waals surface area contributed by atoms with Gasteiger partial charge in [-0.05, 0) is 32.0 Å². The summed E-state index contributed by atoms with van der Waals surface area (Å²) in [7, 11) is 0. The van der Waals surface area contributed by atoms with Crippen LogP contribution in [0, 0.1) is 5.82 Å². The maximum Gasteiger partial charge on any atom is 0.146 e. The molecule has 1 atom stereocenters. The number of nitrogens with zero attached hydrogens (tertiary/aromatic N) is 3. The minimum Gasteiger partial charge on any atom is -0.300 e. The van der Waals surface area contributed by atoms with Gasteiger partial charge in [-0.1, -0.05) is 0 Å². The van der Waals surface area contributed by atoms with Gasteiger partial charge >= 0.3 is 0 Å².